The molecule has 1 aliphatic rings. The molecule has 2 N–H and O–H groups in total. The number of amides is 1. The second kappa shape index (κ2) is 8.15. The van der Waals surface area contributed by atoms with Gasteiger partial charge in [-0.15, -0.1) is 0 Å². The number of ketones is 1. The van der Waals surface area contributed by atoms with Gasteiger partial charge in [0.2, 0.25) is 5.95 Å². The van der Waals surface area contributed by atoms with Crippen LogP contribution in [0, 0.1) is 12.7 Å². The molecule has 1 saturated heterocycles. The van der Waals surface area contributed by atoms with E-state index < -0.39 is 23.5 Å². The van der Waals surface area contributed by atoms with Gasteiger partial charge in [0.05, 0.1) is 29.8 Å². The Bertz CT molecular complexity index is 1480. The second-order valence-corrected chi connectivity index (χ2v) is 7.98. The molecule has 170 valence electrons. The first-order chi connectivity index (χ1) is 16.4. The van der Waals surface area contributed by atoms with Crippen LogP contribution < -0.4 is 9.64 Å². The fourth-order valence-corrected chi connectivity index (χ4v) is 4.26. The summed E-state index contributed by atoms with van der Waals surface area (Å²) in [6.45, 7) is 1.78. The predicted octanol–water partition coefficient (Wildman–Crippen LogP) is 4.65. The van der Waals surface area contributed by atoms with E-state index in [-0.39, 0.29) is 17.3 Å². The summed E-state index contributed by atoms with van der Waals surface area (Å²) < 4.78 is 18.9. The highest BCUT2D eigenvalue weighted by Gasteiger charge is 2.48. The number of fused-ring (bicyclic) bond motifs is 1. The number of carbonyl (C=O) groups is 2. The molecule has 34 heavy (non-hydrogen) atoms. The van der Waals surface area contributed by atoms with Crippen molar-refractivity contribution in [2.24, 2.45) is 0 Å². The average molecular weight is 457 g/mol. The first kappa shape index (κ1) is 21.4. The van der Waals surface area contributed by atoms with Crippen molar-refractivity contribution in [2.45, 2.75) is 13.0 Å². The number of aromatic nitrogens is 2. The highest BCUT2D eigenvalue weighted by atomic mass is 19.1. The molecule has 2 heterocycles. The van der Waals surface area contributed by atoms with Gasteiger partial charge in [-0.25, -0.2) is 9.37 Å². The predicted molar refractivity (Wildman–Crippen MR) is 125 cm³/mol. The van der Waals surface area contributed by atoms with Gasteiger partial charge in [-0.1, -0.05) is 30.3 Å². The van der Waals surface area contributed by atoms with E-state index in [0.29, 0.717) is 33.5 Å². The van der Waals surface area contributed by atoms with Crippen LogP contribution in [0.2, 0.25) is 0 Å². The number of H-pyrrole nitrogens is 1. The van der Waals surface area contributed by atoms with E-state index >= 15 is 0 Å². The van der Waals surface area contributed by atoms with Crippen LogP contribution in [0.25, 0.3) is 16.8 Å². The zero-order chi connectivity index (χ0) is 24.0. The van der Waals surface area contributed by atoms with E-state index in [9.17, 15) is 19.1 Å². The molecule has 1 amide bonds. The van der Waals surface area contributed by atoms with Gasteiger partial charge in [0.15, 0.2) is 0 Å². The summed E-state index contributed by atoms with van der Waals surface area (Å²) in [6, 6.07) is 17.0. The number of aliphatic hydroxyl groups excluding tert-OH is 1. The Morgan fingerprint density at radius 2 is 1.85 bits per heavy atom. The summed E-state index contributed by atoms with van der Waals surface area (Å²) in [5.74, 6) is -1.75. The molecular weight excluding hydrogens is 437 g/mol. The number of anilines is 1. The summed E-state index contributed by atoms with van der Waals surface area (Å²) in [7, 11) is 1.54. The van der Waals surface area contributed by atoms with Crippen molar-refractivity contribution in [1.29, 1.82) is 0 Å². The van der Waals surface area contributed by atoms with Gasteiger partial charge in [0.25, 0.3) is 5.78 Å². The molecule has 0 aliphatic carbocycles. The molecule has 1 aliphatic heterocycles. The maximum atomic E-state index is 13.7. The lowest BCUT2D eigenvalue weighted by Gasteiger charge is -2.23. The Balaban J connectivity index is 1.72. The van der Waals surface area contributed by atoms with Crippen LogP contribution in [0.4, 0.5) is 10.3 Å². The molecule has 8 heteroatoms. The largest absolute Gasteiger partial charge is 0.507 e. The quantitative estimate of drug-likeness (QED) is 0.264. The van der Waals surface area contributed by atoms with Gasteiger partial charge in [0, 0.05) is 5.56 Å². The van der Waals surface area contributed by atoms with Crippen molar-refractivity contribution in [2.75, 3.05) is 12.0 Å². The van der Waals surface area contributed by atoms with Gasteiger partial charge < -0.3 is 14.8 Å². The maximum Gasteiger partial charge on any atom is 0.302 e. The van der Waals surface area contributed by atoms with Crippen LogP contribution in [-0.2, 0) is 9.59 Å². The molecule has 5 rings (SSSR count). The summed E-state index contributed by atoms with van der Waals surface area (Å²) in [5, 5.41) is 11.3. The van der Waals surface area contributed by atoms with Crippen LogP contribution in [0.1, 0.15) is 22.7 Å². The van der Waals surface area contributed by atoms with E-state index in [1.54, 1.807) is 49.4 Å². The average Bonchev–Trinajstić information content (AvgIpc) is 3.36. The molecule has 0 radical (unpaired) electrons. The number of aliphatic hydroxyl groups is 1. The van der Waals surface area contributed by atoms with Crippen LogP contribution in [-0.4, -0.2) is 33.9 Å². The highest BCUT2D eigenvalue weighted by molar-refractivity contribution is 6.51. The molecule has 0 saturated carbocycles. The number of rotatable bonds is 4. The molecule has 1 fully saturated rings. The number of ether oxygens (including phenoxy) is 1. The van der Waals surface area contributed by atoms with Crippen molar-refractivity contribution < 1.29 is 23.8 Å². The molecular formula is C26H20FN3O4. The van der Waals surface area contributed by atoms with Crippen molar-refractivity contribution in [3.05, 3.63) is 94.8 Å². The number of methoxy groups -OCH3 is 1. The lowest BCUT2D eigenvalue weighted by Crippen LogP contribution is -2.30. The van der Waals surface area contributed by atoms with Crippen LogP contribution in [0.15, 0.2) is 72.3 Å². The smallest absolute Gasteiger partial charge is 0.302 e. The summed E-state index contributed by atoms with van der Waals surface area (Å²) >= 11 is 0. The van der Waals surface area contributed by atoms with E-state index in [1.165, 1.54) is 30.2 Å². The summed E-state index contributed by atoms with van der Waals surface area (Å²) in [6.07, 6.45) is 0. The topological polar surface area (TPSA) is 95.5 Å². The zero-order valence-corrected chi connectivity index (χ0v) is 18.4. The SMILES string of the molecule is COc1ccc(/C(O)=C2\C(=O)C(=O)N(c3nc4ccc(F)cc4[nH]3)C2c2ccccc2)c(C)c1. The summed E-state index contributed by atoms with van der Waals surface area (Å²) in [5.41, 5.74) is 2.46. The number of hydrogen-bond donors (Lipinski definition) is 2. The lowest BCUT2D eigenvalue weighted by molar-refractivity contribution is -0.132. The molecule has 1 atom stereocenters. The zero-order valence-electron chi connectivity index (χ0n) is 18.4. The highest BCUT2D eigenvalue weighted by Crippen LogP contribution is 2.42. The number of benzene rings is 3. The third-order valence-electron chi connectivity index (χ3n) is 5.91. The van der Waals surface area contributed by atoms with Gasteiger partial charge >= 0.3 is 5.91 Å². The minimum Gasteiger partial charge on any atom is -0.507 e. The number of halogens is 1. The third kappa shape index (κ3) is 3.40. The van der Waals surface area contributed by atoms with Gasteiger partial charge in [-0.05, 0) is 54.4 Å². The van der Waals surface area contributed by atoms with Gasteiger partial charge in [0.1, 0.15) is 17.3 Å². The Labute approximate surface area is 194 Å². The minimum atomic E-state index is -0.937. The molecule has 7 nitrogen and oxygen atoms in total. The first-order valence-electron chi connectivity index (χ1n) is 10.5. The fourth-order valence-electron chi connectivity index (χ4n) is 4.26. The second-order valence-electron chi connectivity index (χ2n) is 7.98. The molecule has 3 aromatic carbocycles. The van der Waals surface area contributed by atoms with Gasteiger partial charge in [-0.3, -0.25) is 14.5 Å². The summed E-state index contributed by atoms with van der Waals surface area (Å²) in [4.78, 5) is 35.1. The van der Waals surface area contributed by atoms with Crippen LogP contribution in [0.5, 0.6) is 5.75 Å². The maximum absolute atomic E-state index is 13.7. The van der Waals surface area contributed by atoms with E-state index in [2.05, 4.69) is 9.97 Å². The number of aromatic amines is 1. The van der Waals surface area contributed by atoms with E-state index in [0.717, 1.165) is 0 Å². The van der Waals surface area contributed by atoms with Crippen LogP contribution >= 0.6 is 0 Å². The number of aryl methyl sites for hydroxylation is 1. The fraction of sp³-hybridized carbons (Fsp3) is 0.115. The Morgan fingerprint density at radius 3 is 2.56 bits per heavy atom. The normalized spacial score (nSPS) is 17.5. The third-order valence-corrected chi connectivity index (χ3v) is 5.91. The van der Waals surface area contributed by atoms with Crippen LogP contribution in [0.3, 0.4) is 0 Å². The van der Waals surface area contributed by atoms with Gasteiger partial charge in [-0.2, -0.15) is 0 Å². The molecule has 0 bridgehead atoms. The molecule has 1 unspecified atom stereocenters. The Hall–Kier alpha value is -4.46. The Morgan fingerprint density at radius 1 is 1.09 bits per heavy atom. The molecule has 0 spiro atoms. The molecule has 4 aromatic rings. The molecule has 1 aromatic heterocycles. The van der Waals surface area contributed by atoms with Crippen molar-refractivity contribution >= 4 is 34.4 Å². The standard InChI is InChI=1S/C26H20FN3O4/c1-14-12-17(34-2)9-10-18(14)23(31)21-22(15-6-4-3-5-7-15)30(25(33)24(21)32)26-28-19-11-8-16(27)13-20(19)29-26/h3-13,22,31H,1-2H3,(H,28,29)/b23-21+. The number of carbonyl (C=O) groups excluding carboxylic acids is 2. The number of hydrogen-bond acceptors (Lipinski definition) is 5. The van der Waals surface area contributed by atoms with Crippen molar-refractivity contribution in [1.82, 2.24) is 9.97 Å². The Kier molecular flexibility index (Phi) is 5.13. The monoisotopic (exact) mass is 457 g/mol. The van der Waals surface area contributed by atoms with E-state index in [4.69, 9.17) is 4.74 Å². The lowest BCUT2D eigenvalue weighted by atomic mass is 9.94. The minimum absolute atomic E-state index is 0.0592. The number of Topliss-reactive ketones (excluding diaryl/α,β-unsaturated/α-hetero) is 1. The number of imidazole rings is 1. The van der Waals surface area contributed by atoms with Crippen molar-refractivity contribution in [3.63, 3.8) is 0 Å². The van der Waals surface area contributed by atoms with E-state index in [1.807, 2.05) is 6.07 Å². The number of nitrogens with zero attached hydrogens (tertiary/aromatic N) is 2. The number of nitrogens with one attached hydrogen (secondary N) is 1. The first-order valence-corrected chi connectivity index (χ1v) is 10.5. The van der Waals surface area contributed by atoms with Crippen molar-refractivity contribution in [3.8, 4) is 5.75 Å².